The van der Waals surface area contributed by atoms with Gasteiger partial charge >= 0.3 is 0 Å². The molecule has 2 aromatic heterocycles. The smallest absolute Gasteiger partial charge is 0.287 e. The number of benzene rings is 2. The SMILES string of the molecule is CC(C)(C)C(=O)N1CCc2ccc(OCc3ccc(C(=O)NCc4ccncc4)o3)cc2C1c1ccccc1. The number of rotatable bonds is 7. The van der Waals surface area contributed by atoms with Gasteiger partial charge in [-0.05, 0) is 65.1 Å². The highest BCUT2D eigenvalue weighted by atomic mass is 16.5. The van der Waals surface area contributed by atoms with E-state index < -0.39 is 5.41 Å². The molecular formula is C32H33N3O4. The first-order valence-electron chi connectivity index (χ1n) is 13.2. The Kier molecular flexibility index (Phi) is 7.50. The topological polar surface area (TPSA) is 84.7 Å². The first-order valence-corrected chi connectivity index (χ1v) is 13.2. The average Bonchev–Trinajstić information content (AvgIpc) is 3.43. The van der Waals surface area contributed by atoms with E-state index in [1.54, 1.807) is 24.5 Å². The van der Waals surface area contributed by atoms with Crippen LogP contribution in [-0.4, -0.2) is 28.2 Å². The summed E-state index contributed by atoms with van der Waals surface area (Å²) in [4.78, 5) is 31.9. The predicted octanol–water partition coefficient (Wildman–Crippen LogP) is 5.70. The van der Waals surface area contributed by atoms with Gasteiger partial charge in [0.25, 0.3) is 5.91 Å². The number of aromatic nitrogens is 1. The number of ether oxygens (including phenoxy) is 1. The van der Waals surface area contributed by atoms with Crippen LogP contribution in [0.2, 0.25) is 0 Å². The van der Waals surface area contributed by atoms with E-state index in [1.807, 2.05) is 68.1 Å². The number of hydrogen-bond acceptors (Lipinski definition) is 5. The van der Waals surface area contributed by atoms with Crippen molar-refractivity contribution in [3.05, 3.63) is 119 Å². The third kappa shape index (κ3) is 6.03. The number of amides is 2. The van der Waals surface area contributed by atoms with Crippen LogP contribution in [0.1, 0.15) is 65.4 Å². The molecule has 1 N–H and O–H groups in total. The lowest BCUT2D eigenvalue weighted by Gasteiger charge is -2.41. The zero-order chi connectivity index (χ0) is 27.4. The fraction of sp³-hybridized carbons (Fsp3) is 0.281. The van der Waals surface area contributed by atoms with E-state index in [1.165, 1.54) is 5.56 Å². The molecule has 2 amide bonds. The third-order valence-corrected chi connectivity index (χ3v) is 6.83. The third-order valence-electron chi connectivity index (χ3n) is 6.83. The Labute approximate surface area is 228 Å². The maximum absolute atomic E-state index is 13.4. The zero-order valence-corrected chi connectivity index (χ0v) is 22.5. The van der Waals surface area contributed by atoms with Crippen molar-refractivity contribution in [2.24, 2.45) is 5.41 Å². The highest BCUT2D eigenvalue weighted by molar-refractivity contribution is 5.91. The van der Waals surface area contributed by atoms with Crippen molar-refractivity contribution in [1.82, 2.24) is 15.2 Å². The van der Waals surface area contributed by atoms with E-state index in [2.05, 4.69) is 28.5 Å². The van der Waals surface area contributed by atoms with Gasteiger partial charge in [-0.25, -0.2) is 0 Å². The van der Waals surface area contributed by atoms with Crippen LogP contribution in [0.15, 0.2) is 89.6 Å². The lowest BCUT2D eigenvalue weighted by Crippen LogP contribution is -2.45. The van der Waals surface area contributed by atoms with Crippen LogP contribution in [0.25, 0.3) is 0 Å². The van der Waals surface area contributed by atoms with Crippen molar-refractivity contribution in [2.75, 3.05) is 6.54 Å². The molecule has 0 radical (unpaired) electrons. The molecule has 3 heterocycles. The summed E-state index contributed by atoms with van der Waals surface area (Å²) >= 11 is 0. The second-order valence-corrected chi connectivity index (χ2v) is 10.8. The van der Waals surface area contributed by atoms with Gasteiger partial charge < -0.3 is 19.4 Å². The van der Waals surface area contributed by atoms with E-state index in [-0.39, 0.29) is 30.2 Å². The normalized spacial score (nSPS) is 14.9. The van der Waals surface area contributed by atoms with E-state index >= 15 is 0 Å². The monoisotopic (exact) mass is 523 g/mol. The maximum atomic E-state index is 13.4. The summed E-state index contributed by atoms with van der Waals surface area (Å²) in [6.07, 6.45) is 4.16. The second-order valence-electron chi connectivity index (χ2n) is 10.8. The van der Waals surface area contributed by atoms with Gasteiger partial charge in [0, 0.05) is 30.9 Å². The van der Waals surface area contributed by atoms with Crippen LogP contribution < -0.4 is 10.1 Å². The zero-order valence-electron chi connectivity index (χ0n) is 22.5. The number of carbonyl (C=O) groups excluding carboxylic acids is 2. The molecule has 7 nitrogen and oxygen atoms in total. The van der Waals surface area contributed by atoms with Gasteiger partial charge in [0.2, 0.25) is 5.91 Å². The van der Waals surface area contributed by atoms with E-state index in [9.17, 15) is 9.59 Å². The molecule has 0 spiro atoms. The van der Waals surface area contributed by atoms with Gasteiger partial charge in [-0.2, -0.15) is 0 Å². The van der Waals surface area contributed by atoms with Gasteiger partial charge in [0.05, 0.1) is 6.04 Å². The van der Waals surface area contributed by atoms with Gasteiger partial charge in [-0.1, -0.05) is 57.2 Å². The molecular weight excluding hydrogens is 490 g/mol. The molecule has 0 saturated carbocycles. The molecule has 4 aromatic rings. The van der Waals surface area contributed by atoms with Crippen molar-refractivity contribution in [1.29, 1.82) is 0 Å². The van der Waals surface area contributed by atoms with Crippen LogP contribution >= 0.6 is 0 Å². The maximum Gasteiger partial charge on any atom is 0.287 e. The Balaban J connectivity index is 1.31. The van der Waals surface area contributed by atoms with Crippen molar-refractivity contribution < 1.29 is 18.7 Å². The standard InChI is InChI=1S/C32H33N3O4/c1-32(2,3)31(37)35-18-15-23-9-10-25(19-27(23)29(35)24-7-5-4-6-8-24)38-21-26-11-12-28(39-26)30(36)34-20-22-13-16-33-17-14-22/h4-14,16-17,19,29H,15,18,20-21H2,1-3H3,(H,34,36). The van der Waals surface area contributed by atoms with Crippen molar-refractivity contribution in [3.8, 4) is 5.75 Å². The molecule has 7 heteroatoms. The molecule has 0 saturated heterocycles. The molecule has 5 rings (SSSR count). The molecule has 1 aliphatic rings. The lowest BCUT2D eigenvalue weighted by atomic mass is 9.85. The van der Waals surface area contributed by atoms with Crippen molar-refractivity contribution in [3.63, 3.8) is 0 Å². The Morgan fingerprint density at radius 1 is 1.03 bits per heavy atom. The van der Waals surface area contributed by atoms with E-state index in [4.69, 9.17) is 9.15 Å². The average molecular weight is 524 g/mol. The molecule has 39 heavy (non-hydrogen) atoms. The Morgan fingerprint density at radius 3 is 2.54 bits per heavy atom. The summed E-state index contributed by atoms with van der Waals surface area (Å²) in [7, 11) is 0. The molecule has 1 unspecified atom stereocenters. The van der Waals surface area contributed by atoms with Crippen LogP contribution in [0, 0.1) is 5.41 Å². The summed E-state index contributed by atoms with van der Waals surface area (Å²) in [6, 6.07) is 23.1. The summed E-state index contributed by atoms with van der Waals surface area (Å²) in [6.45, 7) is 7.12. The fourth-order valence-electron chi connectivity index (χ4n) is 4.83. The van der Waals surface area contributed by atoms with Crippen molar-refractivity contribution in [2.45, 2.75) is 46.4 Å². The Hall–Kier alpha value is -4.39. The largest absolute Gasteiger partial charge is 0.486 e. The molecule has 0 bridgehead atoms. The van der Waals surface area contributed by atoms with Gasteiger partial charge in [-0.3, -0.25) is 14.6 Å². The van der Waals surface area contributed by atoms with Gasteiger partial charge in [0.1, 0.15) is 18.1 Å². The minimum Gasteiger partial charge on any atom is -0.486 e. The molecule has 1 atom stereocenters. The number of fused-ring (bicyclic) bond motifs is 1. The summed E-state index contributed by atoms with van der Waals surface area (Å²) in [5.41, 5.74) is 3.82. The minimum absolute atomic E-state index is 0.124. The van der Waals surface area contributed by atoms with Gasteiger partial charge in [0.15, 0.2) is 5.76 Å². The van der Waals surface area contributed by atoms with Crippen LogP contribution in [0.3, 0.4) is 0 Å². The summed E-state index contributed by atoms with van der Waals surface area (Å²) in [5.74, 6) is 1.29. The van der Waals surface area contributed by atoms with Gasteiger partial charge in [-0.15, -0.1) is 0 Å². The number of hydrogen-bond donors (Lipinski definition) is 1. The molecule has 0 fully saturated rings. The number of nitrogens with one attached hydrogen (secondary N) is 1. The predicted molar refractivity (Wildman–Crippen MR) is 148 cm³/mol. The first-order chi connectivity index (χ1) is 18.8. The number of furan rings is 1. The minimum atomic E-state index is -0.486. The van der Waals surface area contributed by atoms with Crippen LogP contribution in [0.4, 0.5) is 0 Å². The van der Waals surface area contributed by atoms with E-state index in [0.29, 0.717) is 24.6 Å². The summed E-state index contributed by atoms with van der Waals surface area (Å²) in [5, 5.41) is 2.85. The number of pyridine rings is 1. The Morgan fingerprint density at radius 2 is 1.79 bits per heavy atom. The molecule has 1 aliphatic heterocycles. The van der Waals surface area contributed by atoms with Crippen LogP contribution in [-0.2, 0) is 24.4 Å². The quantitative estimate of drug-likeness (QED) is 0.336. The van der Waals surface area contributed by atoms with Crippen LogP contribution in [0.5, 0.6) is 5.75 Å². The highest BCUT2D eigenvalue weighted by Gasteiger charge is 2.37. The lowest BCUT2D eigenvalue weighted by molar-refractivity contribution is -0.141. The summed E-state index contributed by atoms with van der Waals surface area (Å²) < 4.78 is 11.8. The molecule has 200 valence electrons. The highest BCUT2D eigenvalue weighted by Crippen LogP contribution is 2.39. The Bertz CT molecular complexity index is 1440. The number of carbonyl (C=O) groups is 2. The second kappa shape index (κ2) is 11.2. The van der Waals surface area contributed by atoms with E-state index in [0.717, 1.165) is 23.1 Å². The first kappa shape index (κ1) is 26.2. The molecule has 0 aliphatic carbocycles. The fourth-order valence-corrected chi connectivity index (χ4v) is 4.83. The number of nitrogens with zero attached hydrogens (tertiary/aromatic N) is 2. The van der Waals surface area contributed by atoms with Crippen molar-refractivity contribution >= 4 is 11.8 Å². The molecule has 2 aromatic carbocycles.